The molecule has 2 N–H and O–H groups in total. The largest absolute Gasteiger partial charge is 0.491 e. The zero-order chi connectivity index (χ0) is 17.1. The Kier molecular flexibility index (Phi) is 4.78. The molecule has 0 saturated heterocycles. The Morgan fingerprint density at radius 3 is 2.54 bits per heavy atom. The smallest absolute Gasteiger partial charge is 0.276 e. The number of amides is 2. The predicted octanol–water partition coefficient (Wildman–Crippen LogP) is 2.50. The number of hydrogen-bond donors (Lipinski definition) is 1. The normalized spacial score (nSPS) is 13.7. The fourth-order valence-corrected chi connectivity index (χ4v) is 2.76. The van der Waals surface area contributed by atoms with Crippen LogP contribution in [0.3, 0.4) is 0 Å². The lowest BCUT2D eigenvalue weighted by molar-refractivity contribution is 0.0654. The fraction of sp³-hybridized carbons (Fsp3) is 0.333. The highest BCUT2D eigenvalue weighted by atomic mass is 16.5. The van der Waals surface area contributed by atoms with Gasteiger partial charge in [0, 0.05) is 12.0 Å². The van der Waals surface area contributed by atoms with E-state index >= 15 is 0 Å². The van der Waals surface area contributed by atoms with Crippen LogP contribution in [0.1, 0.15) is 40.5 Å². The highest BCUT2D eigenvalue weighted by Crippen LogP contribution is 2.35. The fourth-order valence-electron chi connectivity index (χ4n) is 2.76. The van der Waals surface area contributed by atoms with Crippen LogP contribution in [0.2, 0.25) is 0 Å². The SMILES string of the molecule is CCCCOCCOc1cc2c(c3ccccc13)C(=O)N(N)C2=O. The molecule has 2 aromatic carbocycles. The topological polar surface area (TPSA) is 81.9 Å². The van der Waals surface area contributed by atoms with Crippen LogP contribution in [-0.4, -0.2) is 36.6 Å². The van der Waals surface area contributed by atoms with E-state index in [2.05, 4.69) is 6.92 Å². The highest BCUT2D eigenvalue weighted by Gasteiger charge is 2.36. The van der Waals surface area contributed by atoms with Crippen LogP contribution in [0.25, 0.3) is 10.8 Å². The summed E-state index contributed by atoms with van der Waals surface area (Å²) in [5, 5.41) is 2.10. The molecule has 3 rings (SSSR count). The molecule has 0 atom stereocenters. The Morgan fingerprint density at radius 1 is 1.04 bits per heavy atom. The lowest BCUT2D eigenvalue weighted by Crippen LogP contribution is -2.36. The van der Waals surface area contributed by atoms with Crippen molar-refractivity contribution in [3.63, 3.8) is 0 Å². The van der Waals surface area contributed by atoms with Gasteiger partial charge < -0.3 is 9.47 Å². The number of nitrogens with zero attached hydrogens (tertiary/aromatic N) is 1. The van der Waals surface area contributed by atoms with Gasteiger partial charge in [-0.25, -0.2) is 10.9 Å². The van der Waals surface area contributed by atoms with Gasteiger partial charge >= 0.3 is 0 Å². The van der Waals surface area contributed by atoms with Crippen LogP contribution in [0, 0.1) is 0 Å². The molecule has 6 nitrogen and oxygen atoms in total. The number of rotatable bonds is 7. The van der Waals surface area contributed by atoms with Crippen LogP contribution in [0.15, 0.2) is 30.3 Å². The molecule has 0 fully saturated rings. The van der Waals surface area contributed by atoms with Gasteiger partial charge in [0.15, 0.2) is 0 Å². The maximum Gasteiger partial charge on any atom is 0.276 e. The average molecular weight is 328 g/mol. The molecule has 0 bridgehead atoms. The average Bonchev–Trinajstić information content (AvgIpc) is 2.82. The number of ether oxygens (including phenoxy) is 2. The number of fused-ring (bicyclic) bond motifs is 3. The number of imide groups is 1. The summed E-state index contributed by atoms with van der Waals surface area (Å²) in [4.78, 5) is 24.4. The maximum atomic E-state index is 12.2. The number of hydrogen-bond acceptors (Lipinski definition) is 5. The van der Waals surface area contributed by atoms with Crippen molar-refractivity contribution in [3.05, 3.63) is 41.5 Å². The summed E-state index contributed by atoms with van der Waals surface area (Å²) in [6.07, 6.45) is 2.10. The summed E-state index contributed by atoms with van der Waals surface area (Å²) in [5.41, 5.74) is 0.618. The van der Waals surface area contributed by atoms with Crippen molar-refractivity contribution in [2.75, 3.05) is 19.8 Å². The van der Waals surface area contributed by atoms with Gasteiger partial charge in [0.05, 0.1) is 17.7 Å². The minimum absolute atomic E-state index is 0.281. The van der Waals surface area contributed by atoms with Crippen LogP contribution in [0.5, 0.6) is 5.75 Å². The number of hydrazine groups is 1. The monoisotopic (exact) mass is 328 g/mol. The van der Waals surface area contributed by atoms with Crippen LogP contribution in [0.4, 0.5) is 0 Å². The van der Waals surface area contributed by atoms with Gasteiger partial charge in [-0.15, -0.1) is 0 Å². The molecular formula is C18H20N2O4. The standard InChI is InChI=1S/C18H20N2O4/c1-2-3-8-23-9-10-24-15-11-14-16(18(22)20(19)17(14)21)13-7-5-4-6-12(13)15/h4-7,11H,2-3,8-10,19H2,1H3. The number of carbonyl (C=O) groups is 2. The summed E-state index contributed by atoms with van der Waals surface area (Å²) in [6, 6.07) is 8.93. The van der Waals surface area contributed by atoms with E-state index in [1.807, 2.05) is 18.2 Å². The Morgan fingerprint density at radius 2 is 1.79 bits per heavy atom. The second-order valence-electron chi connectivity index (χ2n) is 5.64. The van der Waals surface area contributed by atoms with Crippen LogP contribution in [-0.2, 0) is 4.74 Å². The van der Waals surface area contributed by atoms with Gasteiger partial charge in [0.25, 0.3) is 11.8 Å². The molecular weight excluding hydrogens is 308 g/mol. The third-order valence-corrected chi connectivity index (χ3v) is 4.02. The zero-order valence-electron chi connectivity index (χ0n) is 13.6. The van der Waals surface area contributed by atoms with Gasteiger partial charge in [0.2, 0.25) is 0 Å². The number of unbranched alkanes of at least 4 members (excludes halogenated alkanes) is 1. The summed E-state index contributed by atoms with van der Waals surface area (Å²) in [6.45, 7) is 3.66. The number of nitrogens with two attached hydrogens (primary N) is 1. The van der Waals surface area contributed by atoms with E-state index in [9.17, 15) is 9.59 Å². The second-order valence-corrected chi connectivity index (χ2v) is 5.64. The van der Waals surface area contributed by atoms with Crippen molar-refractivity contribution >= 4 is 22.6 Å². The molecule has 0 radical (unpaired) electrons. The molecule has 0 unspecified atom stereocenters. The van der Waals surface area contributed by atoms with Crippen molar-refractivity contribution in [1.29, 1.82) is 0 Å². The summed E-state index contributed by atoms with van der Waals surface area (Å²) >= 11 is 0. The third-order valence-electron chi connectivity index (χ3n) is 4.02. The molecule has 6 heteroatoms. The van der Waals surface area contributed by atoms with E-state index in [-0.39, 0.29) is 5.56 Å². The molecule has 24 heavy (non-hydrogen) atoms. The molecule has 2 aromatic rings. The van der Waals surface area contributed by atoms with Crippen molar-refractivity contribution in [3.8, 4) is 5.75 Å². The van der Waals surface area contributed by atoms with Crippen LogP contribution >= 0.6 is 0 Å². The molecule has 0 aliphatic carbocycles. The minimum atomic E-state index is -0.509. The molecule has 1 aliphatic rings. The van der Waals surface area contributed by atoms with Crippen molar-refractivity contribution in [1.82, 2.24) is 5.01 Å². The first kappa shape index (κ1) is 16.4. The van der Waals surface area contributed by atoms with Gasteiger partial charge in [-0.2, -0.15) is 0 Å². The van der Waals surface area contributed by atoms with E-state index in [4.69, 9.17) is 15.3 Å². The van der Waals surface area contributed by atoms with E-state index in [0.29, 0.717) is 41.5 Å². The summed E-state index contributed by atoms with van der Waals surface area (Å²) in [5.74, 6) is 5.12. The van der Waals surface area contributed by atoms with Gasteiger partial charge in [-0.3, -0.25) is 9.59 Å². The van der Waals surface area contributed by atoms with E-state index in [1.165, 1.54) is 0 Å². The third kappa shape index (κ3) is 2.86. The van der Waals surface area contributed by atoms with Gasteiger partial charge in [0.1, 0.15) is 12.4 Å². The van der Waals surface area contributed by atoms with Crippen LogP contribution < -0.4 is 10.6 Å². The molecule has 0 aromatic heterocycles. The first-order valence-corrected chi connectivity index (χ1v) is 8.05. The highest BCUT2D eigenvalue weighted by molar-refractivity contribution is 6.26. The molecule has 1 heterocycles. The van der Waals surface area contributed by atoms with Gasteiger partial charge in [-0.05, 0) is 17.9 Å². The molecule has 1 aliphatic heterocycles. The van der Waals surface area contributed by atoms with E-state index in [0.717, 1.165) is 18.2 Å². The molecule has 2 amide bonds. The lowest BCUT2D eigenvalue weighted by atomic mass is 9.99. The quantitative estimate of drug-likeness (QED) is 0.365. The number of benzene rings is 2. The molecule has 0 spiro atoms. The maximum absolute atomic E-state index is 12.2. The zero-order valence-corrected chi connectivity index (χ0v) is 13.6. The Balaban J connectivity index is 1.87. The van der Waals surface area contributed by atoms with E-state index < -0.39 is 11.8 Å². The predicted molar refractivity (Wildman–Crippen MR) is 89.9 cm³/mol. The molecule has 0 saturated carbocycles. The number of carbonyl (C=O) groups excluding carboxylic acids is 2. The molecule has 126 valence electrons. The Labute approximate surface area is 140 Å². The summed E-state index contributed by atoms with van der Waals surface area (Å²) < 4.78 is 11.3. The van der Waals surface area contributed by atoms with Crippen molar-refractivity contribution < 1.29 is 19.1 Å². The van der Waals surface area contributed by atoms with Crippen molar-refractivity contribution in [2.45, 2.75) is 19.8 Å². The van der Waals surface area contributed by atoms with Crippen molar-refractivity contribution in [2.24, 2.45) is 5.84 Å². The lowest BCUT2D eigenvalue weighted by Gasteiger charge is -2.11. The summed E-state index contributed by atoms with van der Waals surface area (Å²) in [7, 11) is 0. The second kappa shape index (κ2) is 6.98. The van der Waals surface area contributed by atoms with Gasteiger partial charge in [-0.1, -0.05) is 37.6 Å². The Bertz CT molecular complexity index is 788. The van der Waals surface area contributed by atoms with E-state index in [1.54, 1.807) is 12.1 Å². The first-order valence-electron chi connectivity index (χ1n) is 8.05. The minimum Gasteiger partial charge on any atom is -0.491 e. The first-order chi connectivity index (χ1) is 11.6. The Hall–Kier alpha value is -2.44.